The number of amides is 2. The molecule has 2 aromatic carbocycles. The van der Waals surface area contributed by atoms with Crippen molar-refractivity contribution in [3.8, 4) is 22.7 Å². The van der Waals surface area contributed by atoms with E-state index in [-0.39, 0.29) is 30.4 Å². The average molecular weight is 517 g/mol. The number of methoxy groups -OCH3 is 1. The van der Waals surface area contributed by atoms with Gasteiger partial charge in [0.1, 0.15) is 12.3 Å². The molecule has 1 aromatic heterocycles. The van der Waals surface area contributed by atoms with Crippen LogP contribution in [0.5, 0.6) is 5.75 Å². The average Bonchev–Trinajstić information content (AvgIpc) is 3.71. The zero-order chi connectivity index (χ0) is 26.5. The number of benzene rings is 2. The molecule has 0 bridgehead atoms. The minimum absolute atomic E-state index is 0.000391. The van der Waals surface area contributed by atoms with Crippen molar-refractivity contribution in [1.82, 2.24) is 14.5 Å². The topological polar surface area (TPSA) is 85.7 Å². The van der Waals surface area contributed by atoms with Crippen LogP contribution >= 0.6 is 0 Å². The van der Waals surface area contributed by atoms with E-state index in [0.29, 0.717) is 19.1 Å². The Balaban J connectivity index is 1.38. The van der Waals surface area contributed by atoms with Crippen molar-refractivity contribution >= 4 is 17.8 Å². The molecule has 1 saturated carbocycles. The lowest BCUT2D eigenvalue weighted by Gasteiger charge is -2.27. The standard InChI is InChI=1S/C30H36N4O4/c1-21-9-13-24(14-10-21)34-19-27(22-11-15-25(37-2)16-12-22)31-30(34)32-28(35)20-33(18-26-8-5-17-38-26)29(36)23-6-3-4-7-23/h9-16,19,23,26H,3-8,17-18,20H2,1-2H3,(H,31,32,35). The van der Waals surface area contributed by atoms with Crippen LogP contribution in [0.15, 0.2) is 54.7 Å². The van der Waals surface area contributed by atoms with E-state index in [1.807, 2.05) is 66.2 Å². The Morgan fingerprint density at radius 3 is 2.45 bits per heavy atom. The van der Waals surface area contributed by atoms with Gasteiger partial charge in [0.05, 0.1) is 18.9 Å². The predicted molar refractivity (Wildman–Crippen MR) is 146 cm³/mol. The van der Waals surface area contributed by atoms with Crippen molar-refractivity contribution in [2.75, 3.05) is 32.1 Å². The fraction of sp³-hybridized carbons (Fsp3) is 0.433. The summed E-state index contributed by atoms with van der Waals surface area (Å²) < 4.78 is 13.0. The Bertz CT molecular complexity index is 1240. The number of imidazole rings is 1. The zero-order valence-corrected chi connectivity index (χ0v) is 22.2. The van der Waals surface area contributed by atoms with E-state index in [0.717, 1.165) is 66.8 Å². The summed E-state index contributed by atoms with van der Waals surface area (Å²) in [5.74, 6) is 0.970. The third kappa shape index (κ3) is 6.07. The number of rotatable bonds is 9. The highest BCUT2D eigenvalue weighted by molar-refractivity contribution is 5.94. The smallest absolute Gasteiger partial charge is 0.246 e. The van der Waals surface area contributed by atoms with Crippen molar-refractivity contribution in [2.45, 2.75) is 51.6 Å². The van der Waals surface area contributed by atoms with E-state index in [1.54, 1.807) is 12.0 Å². The van der Waals surface area contributed by atoms with E-state index in [2.05, 4.69) is 5.32 Å². The van der Waals surface area contributed by atoms with Crippen LogP contribution < -0.4 is 10.1 Å². The Morgan fingerprint density at radius 2 is 1.79 bits per heavy atom. The highest BCUT2D eigenvalue weighted by Gasteiger charge is 2.31. The molecule has 2 fully saturated rings. The number of anilines is 1. The second kappa shape index (κ2) is 11.8. The highest BCUT2D eigenvalue weighted by Crippen LogP contribution is 2.28. The molecule has 3 aromatic rings. The van der Waals surface area contributed by atoms with E-state index in [4.69, 9.17) is 14.5 Å². The predicted octanol–water partition coefficient (Wildman–Crippen LogP) is 4.99. The molecule has 2 aliphatic rings. The number of ether oxygens (including phenoxy) is 2. The minimum atomic E-state index is -0.269. The van der Waals surface area contributed by atoms with Gasteiger partial charge in [-0.15, -0.1) is 0 Å². The summed E-state index contributed by atoms with van der Waals surface area (Å²) in [7, 11) is 1.63. The van der Waals surface area contributed by atoms with Gasteiger partial charge in [0.25, 0.3) is 0 Å². The number of carbonyl (C=O) groups is 2. The monoisotopic (exact) mass is 516 g/mol. The van der Waals surface area contributed by atoms with Gasteiger partial charge in [-0.3, -0.25) is 19.5 Å². The lowest BCUT2D eigenvalue weighted by atomic mass is 10.1. The molecule has 1 aliphatic heterocycles. The van der Waals surface area contributed by atoms with E-state index >= 15 is 0 Å². The van der Waals surface area contributed by atoms with Gasteiger partial charge >= 0.3 is 0 Å². The van der Waals surface area contributed by atoms with Gasteiger partial charge in [-0.2, -0.15) is 0 Å². The van der Waals surface area contributed by atoms with Gasteiger partial charge in [0.2, 0.25) is 17.8 Å². The second-order valence-corrected chi connectivity index (χ2v) is 10.3. The first-order valence-corrected chi connectivity index (χ1v) is 13.5. The SMILES string of the molecule is COc1ccc(-c2cn(-c3ccc(C)cc3)c(NC(=O)CN(CC3CCCO3)C(=O)C3CCCC3)n2)cc1. The fourth-order valence-electron chi connectivity index (χ4n) is 5.31. The molecule has 5 rings (SSSR count). The van der Waals surface area contributed by atoms with Crippen molar-refractivity contribution in [2.24, 2.45) is 5.92 Å². The molecule has 0 spiro atoms. The van der Waals surface area contributed by atoms with Gasteiger partial charge in [-0.05, 0) is 69.0 Å². The molecule has 1 aliphatic carbocycles. The summed E-state index contributed by atoms with van der Waals surface area (Å²) in [6.07, 6.45) is 7.73. The van der Waals surface area contributed by atoms with Crippen LogP contribution in [-0.4, -0.2) is 59.2 Å². The number of hydrogen-bond donors (Lipinski definition) is 1. The van der Waals surface area contributed by atoms with Crippen molar-refractivity contribution in [3.63, 3.8) is 0 Å². The maximum atomic E-state index is 13.4. The van der Waals surface area contributed by atoms with Gasteiger partial charge < -0.3 is 14.4 Å². The third-order valence-electron chi connectivity index (χ3n) is 7.45. The van der Waals surface area contributed by atoms with Crippen LogP contribution in [0.1, 0.15) is 44.1 Å². The molecular weight excluding hydrogens is 480 g/mol. The van der Waals surface area contributed by atoms with Gasteiger partial charge in [0.15, 0.2) is 0 Å². The number of nitrogens with zero attached hydrogens (tertiary/aromatic N) is 3. The largest absolute Gasteiger partial charge is 0.497 e. The number of nitrogens with one attached hydrogen (secondary N) is 1. The molecule has 8 heteroatoms. The van der Waals surface area contributed by atoms with E-state index in [1.165, 1.54) is 0 Å². The molecule has 1 N–H and O–H groups in total. The molecule has 200 valence electrons. The molecule has 8 nitrogen and oxygen atoms in total. The van der Waals surface area contributed by atoms with E-state index < -0.39 is 0 Å². The van der Waals surface area contributed by atoms with Crippen LogP contribution in [0, 0.1) is 12.8 Å². The molecule has 1 unspecified atom stereocenters. The molecule has 1 atom stereocenters. The summed E-state index contributed by atoms with van der Waals surface area (Å²) in [4.78, 5) is 33.2. The maximum Gasteiger partial charge on any atom is 0.246 e. The van der Waals surface area contributed by atoms with Crippen molar-refractivity contribution in [1.29, 1.82) is 0 Å². The number of hydrogen-bond acceptors (Lipinski definition) is 5. The highest BCUT2D eigenvalue weighted by atomic mass is 16.5. The summed E-state index contributed by atoms with van der Waals surface area (Å²) >= 11 is 0. The number of aryl methyl sites for hydroxylation is 1. The van der Waals surface area contributed by atoms with Gasteiger partial charge in [0, 0.05) is 36.5 Å². The third-order valence-corrected chi connectivity index (χ3v) is 7.45. The maximum absolute atomic E-state index is 13.4. The molecule has 1 saturated heterocycles. The molecule has 2 heterocycles. The fourth-order valence-corrected chi connectivity index (χ4v) is 5.31. The Labute approximate surface area is 224 Å². The first-order valence-electron chi connectivity index (χ1n) is 13.5. The van der Waals surface area contributed by atoms with Crippen LogP contribution in [0.4, 0.5) is 5.95 Å². The number of carbonyl (C=O) groups excluding carboxylic acids is 2. The Hall–Kier alpha value is -3.65. The van der Waals surface area contributed by atoms with Gasteiger partial charge in [-0.1, -0.05) is 30.5 Å². The normalized spacial score (nSPS) is 17.5. The summed E-state index contributed by atoms with van der Waals surface area (Å²) in [5.41, 5.74) is 3.66. The van der Waals surface area contributed by atoms with Crippen LogP contribution in [0.25, 0.3) is 16.9 Å². The van der Waals surface area contributed by atoms with Crippen LogP contribution in [0.3, 0.4) is 0 Å². The summed E-state index contributed by atoms with van der Waals surface area (Å²) in [6.45, 7) is 3.18. The first kappa shape index (κ1) is 26.0. The molecular formula is C30H36N4O4. The number of aromatic nitrogens is 2. The Morgan fingerprint density at radius 1 is 1.05 bits per heavy atom. The minimum Gasteiger partial charge on any atom is -0.497 e. The first-order chi connectivity index (χ1) is 18.5. The molecule has 2 amide bonds. The molecule has 38 heavy (non-hydrogen) atoms. The van der Waals surface area contributed by atoms with Crippen molar-refractivity contribution < 1.29 is 19.1 Å². The second-order valence-electron chi connectivity index (χ2n) is 10.3. The van der Waals surface area contributed by atoms with Crippen molar-refractivity contribution in [3.05, 3.63) is 60.3 Å². The van der Waals surface area contributed by atoms with Crippen LogP contribution in [0.2, 0.25) is 0 Å². The summed E-state index contributed by atoms with van der Waals surface area (Å²) in [6, 6.07) is 15.7. The van der Waals surface area contributed by atoms with E-state index in [9.17, 15) is 9.59 Å². The lowest BCUT2D eigenvalue weighted by Crippen LogP contribution is -2.44. The lowest BCUT2D eigenvalue weighted by molar-refractivity contribution is -0.139. The van der Waals surface area contributed by atoms with Gasteiger partial charge in [-0.25, -0.2) is 4.98 Å². The molecule has 0 radical (unpaired) electrons. The quantitative estimate of drug-likeness (QED) is 0.433. The summed E-state index contributed by atoms with van der Waals surface area (Å²) in [5, 5.41) is 2.99. The zero-order valence-electron chi connectivity index (χ0n) is 22.2. The van der Waals surface area contributed by atoms with Crippen LogP contribution in [-0.2, 0) is 14.3 Å². The Kier molecular flexibility index (Phi) is 8.08.